The van der Waals surface area contributed by atoms with Crippen molar-refractivity contribution in [1.29, 1.82) is 0 Å². The summed E-state index contributed by atoms with van der Waals surface area (Å²) in [6.07, 6.45) is 0. The number of benzene rings is 2. The smallest absolute Gasteiger partial charge is 0.337 e. The van der Waals surface area contributed by atoms with Gasteiger partial charge in [0, 0.05) is 12.1 Å². The van der Waals surface area contributed by atoms with E-state index >= 15 is 0 Å². The van der Waals surface area contributed by atoms with E-state index in [1.165, 1.54) is 17.6 Å². The van der Waals surface area contributed by atoms with E-state index in [0.717, 1.165) is 5.56 Å². The van der Waals surface area contributed by atoms with Crippen LogP contribution in [0.4, 0.5) is 0 Å². The van der Waals surface area contributed by atoms with E-state index in [2.05, 4.69) is 38.9 Å². The maximum Gasteiger partial charge on any atom is 0.337 e. The number of rotatable bonds is 8. The van der Waals surface area contributed by atoms with Crippen LogP contribution in [0, 0.1) is 0 Å². The van der Waals surface area contributed by atoms with Crippen molar-refractivity contribution >= 4 is 23.2 Å². The largest absolute Gasteiger partial charge is 0.465 e. The Bertz CT molecular complexity index is 893. The zero-order valence-corrected chi connectivity index (χ0v) is 16.4. The van der Waals surface area contributed by atoms with Crippen LogP contribution in [0.5, 0.6) is 0 Å². The number of carbonyl (C=O) groups is 2. The Kier molecular flexibility index (Phi) is 6.94. The predicted octanol–water partition coefficient (Wildman–Crippen LogP) is 2.50. The van der Waals surface area contributed by atoms with E-state index in [4.69, 9.17) is 0 Å². The van der Waals surface area contributed by atoms with Crippen molar-refractivity contribution in [1.82, 2.24) is 5.32 Å². The SMILES string of the molecule is COC(=O)c1ccc(CNC(=O)C[NH2+][C@H](c2ccccc2)c2cccs2)cc1. The first-order chi connectivity index (χ1) is 13.7. The highest BCUT2D eigenvalue weighted by Crippen LogP contribution is 2.22. The van der Waals surface area contributed by atoms with Gasteiger partial charge >= 0.3 is 5.97 Å². The minimum absolute atomic E-state index is 0.0328. The molecule has 0 spiro atoms. The van der Waals surface area contributed by atoms with Crippen molar-refractivity contribution < 1.29 is 19.6 Å². The molecule has 0 aliphatic heterocycles. The predicted molar refractivity (Wildman–Crippen MR) is 109 cm³/mol. The van der Waals surface area contributed by atoms with Crippen molar-refractivity contribution in [3.05, 3.63) is 93.7 Å². The van der Waals surface area contributed by atoms with Crippen LogP contribution in [0.25, 0.3) is 0 Å². The molecule has 0 aliphatic carbocycles. The van der Waals surface area contributed by atoms with Gasteiger partial charge in [0.2, 0.25) is 0 Å². The van der Waals surface area contributed by atoms with Crippen molar-refractivity contribution in [2.75, 3.05) is 13.7 Å². The molecule has 144 valence electrons. The molecule has 28 heavy (non-hydrogen) atoms. The molecule has 6 heteroatoms. The summed E-state index contributed by atoms with van der Waals surface area (Å²) in [6, 6.07) is 21.4. The summed E-state index contributed by atoms with van der Waals surface area (Å²) in [4.78, 5) is 25.0. The number of amides is 1. The lowest BCUT2D eigenvalue weighted by molar-refractivity contribution is -0.676. The standard InChI is InChI=1S/C22H22N2O3S/c1-27-22(26)18-11-9-16(10-12-18)14-23-20(25)15-24-21(19-8-5-13-28-19)17-6-3-2-4-7-17/h2-13,21,24H,14-15H2,1H3,(H,23,25)/p+1/t21-/m1/s1. The third-order valence-corrected chi connectivity index (χ3v) is 5.37. The molecule has 1 heterocycles. The first-order valence-corrected chi connectivity index (χ1v) is 9.91. The number of nitrogens with one attached hydrogen (secondary N) is 1. The van der Waals surface area contributed by atoms with Gasteiger partial charge in [0.25, 0.3) is 5.91 Å². The van der Waals surface area contributed by atoms with Gasteiger partial charge in [0.1, 0.15) is 6.04 Å². The van der Waals surface area contributed by atoms with E-state index in [-0.39, 0.29) is 17.9 Å². The Balaban J connectivity index is 1.54. The fraction of sp³-hybridized carbons (Fsp3) is 0.182. The monoisotopic (exact) mass is 395 g/mol. The molecular weight excluding hydrogens is 372 g/mol. The van der Waals surface area contributed by atoms with E-state index in [1.807, 2.05) is 36.4 Å². The lowest BCUT2D eigenvalue weighted by Gasteiger charge is -2.14. The molecule has 0 unspecified atom stereocenters. The number of carbonyl (C=O) groups excluding carboxylic acids is 2. The van der Waals surface area contributed by atoms with Gasteiger partial charge < -0.3 is 15.4 Å². The summed E-state index contributed by atoms with van der Waals surface area (Å²) in [5, 5.41) is 7.04. The summed E-state index contributed by atoms with van der Waals surface area (Å²) < 4.78 is 4.68. The number of methoxy groups -OCH3 is 1. The van der Waals surface area contributed by atoms with Gasteiger partial charge in [0.15, 0.2) is 6.54 Å². The van der Waals surface area contributed by atoms with Gasteiger partial charge in [-0.25, -0.2) is 4.79 Å². The van der Waals surface area contributed by atoms with Gasteiger partial charge in [0.05, 0.1) is 17.6 Å². The van der Waals surface area contributed by atoms with Crippen molar-refractivity contribution in [2.45, 2.75) is 12.6 Å². The summed E-state index contributed by atoms with van der Waals surface area (Å²) in [5.74, 6) is -0.403. The molecular formula is C22H23N2O3S+. The molecule has 0 radical (unpaired) electrons. The van der Waals surface area contributed by atoms with Crippen LogP contribution >= 0.6 is 11.3 Å². The highest BCUT2D eigenvalue weighted by atomic mass is 32.1. The van der Waals surface area contributed by atoms with Crippen LogP contribution in [0.3, 0.4) is 0 Å². The summed E-state index contributed by atoms with van der Waals surface area (Å²) in [6.45, 7) is 0.751. The highest BCUT2D eigenvalue weighted by molar-refractivity contribution is 7.10. The van der Waals surface area contributed by atoms with Crippen LogP contribution in [-0.4, -0.2) is 25.5 Å². The van der Waals surface area contributed by atoms with E-state index in [0.29, 0.717) is 18.7 Å². The molecule has 5 nitrogen and oxygen atoms in total. The average molecular weight is 396 g/mol. The molecule has 0 bridgehead atoms. The molecule has 3 N–H and O–H groups in total. The molecule has 0 fully saturated rings. The number of nitrogens with two attached hydrogens (primary N) is 1. The average Bonchev–Trinajstić information content (AvgIpc) is 3.27. The normalized spacial score (nSPS) is 11.6. The number of hydrogen-bond donors (Lipinski definition) is 2. The van der Waals surface area contributed by atoms with Crippen LogP contribution in [-0.2, 0) is 16.1 Å². The van der Waals surface area contributed by atoms with Crippen LogP contribution < -0.4 is 10.6 Å². The van der Waals surface area contributed by atoms with Crippen LogP contribution in [0.1, 0.15) is 32.4 Å². The molecule has 1 atom stereocenters. The van der Waals surface area contributed by atoms with Crippen LogP contribution in [0.15, 0.2) is 72.1 Å². The zero-order chi connectivity index (χ0) is 19.8. The number of thiophene rings is 1. The third kappa shape index (κ3) is 5.28. The first kappa shape index (κ1) is 19.8. The van der Waals surface area contributed by atoms with Gasteiger partial charge in [-0.2, -0.15) is 0 Å². The van der Waals surface area contributed by atoms with Crippen molar-refractivity contribution in [2.24, 2.45) is 0 Å². The Morgan fingerprint density at radius 3 is 2.43 bits per heavy atom. The molecule has 1 amide bonds. The topological polar surface area (TPSA) is 72.0 Å². The second-order valence-electron chi connectivity index (χ2n) is 6.31. The Hall–Kier alpha value is -2.96. The lowest BCUT2D eigenvalue weighted by atomic mass is 10.1. The number of ether oxygens (including phenoxy) is 1. The van der Waals surface area contributed by atoms with Crippen molar-refractivity contribution in [3.63, 3.8) is 0 Å². The fourth-order valence-electron chi connectivity index (χ4n) is 2.92. The van der Waals surface area contributed by atoms with E-state index in [9.17, 15) is 9.59 Å². The lowest BCUT2D eigenvalue weighted by Crippen LogP contribution is -2.87. The Morgan fingerprint density at radius 1 is 1.04 bits per heavy atom. The quantitative estimate of drug-likeness (QED) is 0.576. The summed E-state index contributed by atoms with van der Waals surface area (Å²) >= 11 is 1.69. The van der Waals surface area contributed by atoms with Gasteiger partial charge in [-0.05, 0) is 29.1 Å². The van der Waals surface area contributed by atoms with Gasteiger partial charge in [-0.3, -0.25) is 4.79 Å². The van der Waals surface area contributed by atoms with Gasteiger partial charge in [-0.15, -0.1) is 11.3 Å². The minimum Gasteiger partial charge on any atom is -0.465 e. The molecule has 1 aromatic heterocycles. The fourth-order valence-corrected chi connectivity index (χ4v) is 3.77. The van der Waals surface area contributed by atoms with E-state index in [1.54, 1.807) is 23.5 Å². The second-order valence-corrected chi connectivity index (χ2v) is 7.29. The first-order valence-electron chi connectivity index (χ1n) is 9.03. The molecule has 0 saturated carbocycles. The summed E-state index contributed by atoms with van der Waals surface area (Å²) in [5.41, 5.74) is 2.60. The molecule has 2 aromatic carbocycles. The molecule has 0 saturated heterocycles. The Morgan fingerprint density at radius 2 is 1.79 bits per heavy atom. The maximum absolute atomic E-state index is 12.3. The second kappa shape index (κ2) is 9.82. The molecule has 3 rings (SSSR count). The van der Waals surface area contributed by atoms with Gasteiger partial charge in [-0.1, -0.05) is 48.5 Å². The number of esters is 1. The maximum atomic E-state index is 12.3. The van der Waals surface area contributed by atoms with Crippen LogP contribution in [0.2, 0.25) is 0 Å². The third-order valence-electron chi connectivity index (χ3n) is 4.41. The van der Waals surface area contributed by atoms with E-state index < -0.39 is 0 Å². The zero-order valence-electron chi connectivity index (χ0n) is 15.6. The molecule has 0 aliphatic rings. The molecule has 3 aromatic rings. The van der Waals surface area contributed by atoms with Crippen molar-refractivity contribution in [3.8, 4) is 0 Å². The summed E-state index contributed by atoms with van der Waals surface area (Å²) in [7, 11) is 1.35. The highest BCUT2D eigenvalue weighted by Gasteiger charge is 2.19. The number of hydrogen-bond acceptors (Lipinski definition) is 4. The minimum atomic E-state index is -0.370. The Labute approximate surface area is 168 Å². The number of quaternary nitrogens is 1.